The molecule has 4 aromatic rings. The van der Waals surface area contributed by atoms with Crippen LogP contribution in [-0.2, 0) is 0 Å². The van der Waals surface area contributed by atoms with Crippen molar-refractivity contribution in [1.29, 1.82) is 0 Å². The van der Waals surface area contributed by atoms with Crippen LogP contribution < -0.4 is 4.90 Å². The lowest BCUT2D eigenvalue weighted by Crippen LogP contribution is -2.23. The molecule has 28 heavy (non-hydrogen) atoms. The van der Waals surface area contributed by atoms with Gasteiger partial charge in [0.15, 0.2) is 5.65 Å². The third kappa shape index (κ3) is 3.22. The zero-order valence-corrected chi connectivity index (χ0v) is 16.4. The summed E-state index contributed by atoms with van der Waals surface area (Å²) in [5.74, 6) is 0.0917. The number of thiazole rings is 1. The third-order valence-electron chi connectivity index (χ3n) is 4.64. The number of halogens is 2. The molecule has 9 heteroatoms. The SMILES string of the molecule is Cc1nc(-c2ccccc2)sc1C(C)N(C)c1ccc2nnc(C(F)F)n2n1. The monoisotopic (exact) mass is 400 g/mol. The number of alkyl halides is 2. The molecule has 144 valence electrons. The molecule has 0 fully saturated rings. The zero-order chi connectivity index (χ0) is 19.8. The van der Waals surface area contributed by atoms with E-state index in [1.54, 1.807) is 23.5 Å². The molecule has 1 atom stereocenters. The van der Waals surface area contributed by atoms with Crippen molar-refractivity contribution >= 4 is 22.8 Å². The zero-order valence-electron chi connectivity index (χ0n) is 15.5. The number of aryl methyl sites for hydroxylation is 1. The molecule has 0 amide bonds. The number of aromatic nitrogens is 5. The second-order valence-electron chi connectivity index (χ2n) is 6.44. The van der Waals surface area contributed by atoms with E-state index in [4.69, 9.17) is 4.98 Å². The number of hydrogen-bond donors (Lipinski definition) is 0. The summed E-state index contributed by atoms with van der Waals surface area (Å²) in [4.78, 5) is 7.74. The Morgan fingerprint density at radius 2 is 1.82 bits per heavy atom. The fraction of sp³-hybridized carbons (Fsp3) is 0.263. The van der Waals surface area contributed by atoms with Gasteiger partial charge in [0.2, 0.25) is 5.82 Å². The van der Waals surface area contributed by atoms with E-state index in [9.17, 15) is 8.78 Å². The maximum atomic E-state index is 13.1. The van der Waals surface area contributed by atoms with E-state index in [1.807, 2.05) is 56.1 Å². The molecule has 0 radical (unpaired) electrons. The van der Waals surface area contributed by atoms with E-state index in [0.717, 1.165) is 25.7 Å². The molecule has 0 aliphatic heterocycles. The molecule has 0 aliphatic rings. The standard InChI is InChI=1S/C19H18F2N6S/c1-11-16(28-19(22-11)13-7-5-4-6-8-13)12(2)26(3)15-10-9-14-23-24-18(17(20)21)27(14)25-15/h4-10,12,17H,1-3H3. The smallest absolute Gasteiger partial charge is 0.299 e. The van der Waals surface area contributed by atoms with Crippen LogP contribution >= 0.6 is 11.3 Å². The van der Waals surface area contributed by atoms with E-state index in [-0.39, 0.29) is 6.04 Å². The Balaban J connectivity index is 1.67. The first kappa shape index (κ1) is 18.4. The van der Waals surface area contributed by atoms with Crippen molar-refractivity contribution in [3.8, 4) is 10.6 Å². The molecule has 0 N–H and O–H groups in total. The lowest BCUT2D eigenvalue weighted by atomic mass is 10.2. The summed E-state index contributed by atoms with van der Waals surface area (Å²) in [6.45, 7) is 4.02. The number of fused-ring (bicyclic) bond motifs is 1. The molecule has 0 bridgehead atoms. The summed E-state index contributed by atoms with van der Waals surface area (Å²) in [6.07, 6.45) is -2.74. The lowest BCUT2D eigenvalue weighted by molar-refractivity contribution is 0.137. The normalized spacial score (nSPS) is 12.6. The average molecular weight is 400 g/mol. The number of hydrogen-bond acceptors (Lipinski definition) is 6. The molecule has 0 spiro atoms. The van der Waals surface area contributed by atoms with Crippen LogP contribution in [0.2, 0.25) is 0 Å². The van der Waals surface area contributed by atoms with Crippen LogP contribution in [0.25, 0.3) is 16.2 Å². The predicted octanol–water partition coefficient (Wildman–Crippen LogP) is 4.69. The minimum atomic E-state index is -2.74. The van der Waals surface area contributed by atoms with Gasteiger partial charge in [-0.15, -0.1) is 26.6 Å². The van der Waals surface area contributed by atoms with Gasteiger partial charge in [0.1, 0.15) is 10.8 Å². The molecule has 0 saturated carbocycles. The third-order valence-corrected chi connectivity index (χ3v) is 6.02. The van der Waals surface area contributed by atoms with E-state index in [2.05, 4.69) is 15.3 Å². The fourth-order valence-electron chi connectivity index (χ4n) is 2.99. The summed E-state index contributed by atoms with van der Waals surface area (Å²) in [6, 6.07) is 13.4. The van der Waals surface area contributed by atoms with Gasteiger partial charge in [-0.3, -0.25) is 0 Å². The lowest BCUT2D eigenvalue weighted by Gasteiger charge is -2.25. The van der Waals surface area contributed by atoms with Gasteiger partial charge in [0.25, 0.3) is 6.43 Å². The Bertz CT molecular complexity index is 1110. The first-order valence-electron chi connectivity index (χ1n) is 8.72. The van der Waals surface area contributed by atoms with Crippen molar-refractivity contribution in [2.75, 3.05) is 11.9 Å². The topological polar surface area (TPSA) is 59.2 Å². The molecule has 3 heterocycles. The summed E-state index contributed by atoms with van der Waals surface area (Å²) in [5.41, 5.74) is 2.31. The second-order valence-corrected chi connectivity index (χ2v) is 7.47. The highest BCUT2D eigenvalue weighted by atomic mass is 32.1. The first-order valence-corrected chi connectivity index (χ1v) is 9.53. The Kier molecular flexibility index (Phi) is 4.76. The summed E-state index contributed by atoms with van der Waals surface area (Å²) < 4.78 is 27.3. The number of benzene rings is 1. The Hall–Kier alpha value is -2.94. The van der Waals surface area contributed by atoms with Crippen LogP contribution in [0.4, 0.5) is 14.6 Å². The Morgan fingerprint density at radius 1 is 1.07 bits per heavy atom. The minimum absolute atomic E-state index is 0.0357. The fourth-order valence-corrected chi connectivity index (χ4v) is 4.16. The van der Waals surface area contributed by atoms with Crippen LogP contribution in [0.1, 0.15) is 35.8 Å². The van der Waals surface area contributed by atoms with Crippen molar-refractivity contribution in [3.05, 3.63) is 58.9 Å². The molecule has 6 nitrogen and oxygen atoms in total. The molecule has 3 aromatic heterocycles. The van der Waals surface area contributed by atoms with E-state index in [0.29, 0.717) is 11.5 Å². The van der Waals surface area contributed by atoms with Crippen LogP contribution in [-0.4, -0.2) is 31.8 Å². The second kappa shape index (κ2) is 7.23. The highest BCUT2D eigenvalue weighted by Crippen LogP contribution is 2.35. The van der Waals surface area contributed by atoms with Crippen molar-refractivity contribution < 1.29 is 8.78 Å². The Labute approximate surface area is 164 Å². The van der Waals surface area contributed by atoms with Gasteiger partial charge in [0.05, 0.1) is 16.6 Å². The average Bonchev–Trinajstić information content (AvgIpc) is 3.30. The van der Waals surface area contributed by atoms with Gasteiger partial charge in [-0.25, -0.2) is 13.8 Å². The van der Waals surface area contributed by atoms with Gasteiger partial charge in [-0.05, 0) is 26.0 Å². The highest BCUT2D eigenvalue weighted by Gasteiger charge is 2.22. The molecular formula is C19H18F2N6S. The van der Waals surface area contributed by atoms with Crippen LogP contribution in [0, 0.1) is 6.92 Å². The maximum Gasteiger partial charge on any atom is 0.299 e. The molecule has 0 aliphatic carbocycles. The number of anilines is 1. The quantitative estimate of drug-likeness (QED) is 0.486. The van der Waals surface area contributed by atoms with Gasteiger partial charge >= 0.3 is 0 Å². The highest BCUT2D eigenvalue weighted by molar-refractivity contribution is 7.15. The van der Waals surface area contributed by atoms with Crippen molar-refractivity contribution in [2.24, 2.45) is 0 Å². The number of rotatable bonds is 5. The van der Waals surface area contributed by atoms with E-state index in [1.165, 1.54) is 0 Å². The van der Waals surface area contributed by atoms with E-state index >= 15 is 0 Å². The van der Waals surface area contributed by atoms with Crippen molar-refractivity contribution in [3.63, 3.8) is 0 Å². The summed E-state index contributed by atoms with van der Waals surface area (Å²) in [5, 5.41) is 12.5. The minimum Gasteiger partial charge on any atom is -0.351 e. The van der Waals surface area contributed by atoms with Crippen LogP contribution in [0.15, 0.2) is 42.5 Å². The molecular weight excluding hydrogens is 382 g/mol. The van der Waals surface area contributed by atoms with E-state index < -0.39 is 12.2 Å². The Morgan fingerprint density at radius 3 is 2.54 bits per heavy atom. The molecule has 0 saturated heterocycles. The maximum absolute atomic E-state index is 13.1. The van der Waals surface area contributed by atoms with Gasteiger partial charge < -0.3 is 4.90 Å². The molecule has 1 unspecified atom stereocenters. The van der Waals surface area contributed by atoms with Crippen molar-refractivity contribution in [1.82, 2.24) is 24.8 Å². The van der Waals surface area contributed by atoms with Gasteiger partial charge in [-0.1, -0.05) is 30.3 Å². The largest absolute Gasteiger partial charge is 0.351 e. The van der Waals surface area contributed by atoms with Gasteiger partial charge in [-0.2, -0.15) is 4.52 Å². The van der Waals surface area contributed by atoms with Crippen LogP contribution in [0.5, 0.6) is 0 Å². The van der Waals surface area contributed by atoms with Crippen molar-refractivity contribution in [2.45, 2.75) is 26.3 Å². The first-order chi connectivity index (χ1) is 13.5. The predicted molar refractivity (Wildman–Crippen MR) is 105 cm³/mol. The van der Waals surface area contributed by atoms with Crippen LogP contribution in [0.3, 0.4) is 0 Å². The molecule has 1 aromatic carbocycles. The number of nitrogens with zero attached hydrogens (tertiary/aromatic N) is 6. The summed E-state index contributed by atoms with van der Waals surface area (Å²) >= 11 is 1.62. The molecule has 4 rings (SSSR count). The summed E-state index contributed by atoms with van der Waals surface area (Å²) in [7, 11) is 1.88. The van der Waals surface area contributed by atoms with Gasteiger partial charge in [0, 0.05) is 12.6 Å².